The molecule has 3 rings (SSSR count). The van der Waals surface area contributed by atoms with Crippen LogP contribution in [-0.2, 0) is 6.61 Å². The number of aliphatic hydroxyl groups excluding tert-OH is 1. The molecule has 0 saturated heterocycles. The highest BCUT2D eigenvalue weighted by Crippen LogP contribution is 2.29. The maximum Gasteiger partial charge on any atom is 0.244 e. The monoisotopic (exact) mass is 278 g/mol. The Labute approximate surface area is 112 Å². The van der Waals surface area contributed by atoms with Crippen molar-refractivity contribution >= 4 is 16.3 Å². The summed E-state index contributed by atoms with van der Waals surface area (Å²) in [6.07, 6.45) is 1.82. The zero-order valence-corrected chi connectivity index (χ0v) is 10.9. The third kappa shape index (κ3) is 2.09. The first-order valence-corrected chi connectivity index (χ1v) is 6.56. The first-order valence-electron chi connectivity index (χ1n) is 5.68. The standard InChI is InChI=1S/C13H11FN2O2S/c1-8-6-9(14)2-3-11(8)18-12-10(7-17)16-4-5-19-13(16)15-12/h2-6,17H,7H2,1H3. The number of hydrogen-bond acceptors (Lipinski definition) is 4. The van der Waals surface area contributed by atoms with Gasteiger partial charge in [0.15, 0.2) is 4.96 Å². The third-order valence-corrected chi connectivity index (χ3v) is 3.57. The number of rotatable bonds is 3. The lowest BCUT2D eigenvalue weighted by Gasteiger charge is -2.07. The summed E-state index contributed by atoms with van der Waals surface area (Å²) < 4.78 is 20.5. The summed E-state index contributed by atoms with van der Waals surface area (Å²) in [6.45, 7) is 1.59. The highest BCUT2D eigenvalue weighted by Gasteiger charge is 2.15. The second-order valence-corrected chi connectivity index (χ2v) is 4.96. The summed E-state index contributed by atoms with van der Waals surface area (Å²) in [5, 5.41) is 11.3. The molecular formula is C13H11FN2O2S. The zero-order chi connectivity index (χ0) is 13.4. The molecule has 98 valence electrons. The van der Waals surface area contributed by atoms with E-state index in [9.17, 15) is 9.50 Å². The Morgan fingerprint density at radius 2 is 2.32 bits per heavy atom. The van der Waals surface area contributed by atoms with Crippen LogP contribution in [0.2, 0.25) is 0 Å². The minimum Gasteiger partial charge on any atom is -0.437 e. The van der Waals surface area contributed by atoms with Crippen LogP contribution in [0, 0.1) is 12.7 Å². The van der Waals surface area contributed by atoms with E-state index in [1.165, 1.54) is 23.5 Å². The lowest BCUT2D eigenvalue weighted by Crippen LogP contribution is -1.95. The van der Waals surface area contributed by atoms with Crippen LogP contribution >= 0.6 is 11.3 Å². The molecule has 0 aliphatic heterocycles. The Bertz CT molecular complexity index is 735. The molecule has 0 atom stereocenters. The van der Waals surface area contributed by atoms with E-state index in [1.54, 1.807) is 17.4 Å². The minimum absolute atomic E-state index is 0.173. The van der Waals surface area contributed by atoms with Crippen LogP contribution in [0.15, 0.2) is 29.8 Å². The molecule has 4 nitrogen and oxygen atoms in total. The lowest BCUT2D eigenvalue weighted by atomic mass is 10.2. The fourth-order valence-corrected chi connectivity index (χ4v) is 2.59. The van der Waals surface area contributed by atoms with Crippen LogP contribution in [0.3, 0.4) is 0 Å². The molecule has 0 radical (unpaired) electrons. The van der Waals surface area contributed by atoms with Gasteiger partial charge in [0.1, 0.15) is 17.3 Å². The van der Waals surface area contributed by atoms with Crippen molar-refractivity contribution in [2.24, 2.45) is 0 Å². The summed E-state index contributed by atoms with van der Waals surface area (Å²) in [5.74, 6) is 0.573. The quantitative estimate of drug-likeness (QED) is 0.800. The molecule has 0 saturated carbocycles. The number of aliphatic hydroxyl groups is 1. The van der Waals surface area contributed by atoms with Gasteiger partial charge in [0.25, 0.3) is 0 Å². The molecule has 2 aromatic heterocycles. The van der Waals surface area contributed by atoms with Gasteiger partial charge < -0.3 is 9.84 Å². The summed E-state index contributed by atoms with van der Waals surface area (Å²) in [5.41, 5.74) is 1.26. The van der Waals surface area contributed by atoms with Gasteiger partial charge in [-0.25, -0.2) is 4.39 Å². The van der Waals surface area contributed by atoms with Crippen LogP contribution in [0.5, 0.6) is 11.6 Å². The van der Waals surface area contributed by atoms with Crippen molar-refractivity contribution in [2.45, 2.75) is 13.5 Å². The molecule has 1 aromatic carbocycles. The Hall–Kier alpha value is -1.92. The maximum absolute atomic E-state index is 13.0. The number of imidazole rings is 1. The van der Waals surface area contributed by atoms with Crippen LogP contribution in [-0.4, -0.2) is 14.5 Å². The van der Waals surface area contributed by atoms with E-state index in [4.69, 9.17) is 4.74 Å². The molecule has 2 heterocycles. The van der Waals surface area contributed by atoms with Crippen LogP contribution in [0.1, 0.15) is 11.3 Å². The molecule has 1 N–H and O–H groups in total. The van der Waals surface area contributed by atoms with E-state index < -0.39 is 0 Å². The second kappa shape index (κ2) is 4.64. The van der Waals surface area contributed by atoms with E-state index >= 15 is 0 Å². The molecule has 0 aliphatic rings. The average molecular weight is 278 g/mol. The third-order valence-electron chi connectivity index (χ3n) is 2.82. The van der Waals surface area contributed by atoms with Gasteiger partial charge in [0.2, 0.25) is 5.88 Å². The molecule has 3 aromatic rings. The molecule has 0 spiro atoms. The lowest BCUT2D eigenvalue weighted by molar-refractivity contribution is 0.269. The smallest absolute Gasteiger partial charge is 0.244 e. The molecule has 19 heavy (non-hydrogen) atoms. The summed E-state index contributed by atoms with van der Waals surface area (Å²) in [7, 11) is 0. The first-order chi connectivity index (χ1) is 9.19. The topological polar surface area (TPSA) is 46.8 Å². The fourth-order valence-electron chi connectivity index (χ4n) is 1.87. The highest BCUT2D eigenvalue weighted by atomic mass is 32.1. The van der Waals surface area contributed by atoms with Crippen molar-refractivity contribution in [3.8, 4) is 11.6 Å². The number of benzene rings is 1. The van der Waals surface area contributed by atoms with E-state index in [1.807, 2.05) is 11.6 Å². The summed E-state index contributed by atoms with van der Waals surface area (Å²) in [4.78, 5) is 5.06. The van der Waals surface area contributed by atoms with E-state index in [-0.39, 0.29) is 12.4 Å². The van der Waals surface area contributed by atoms with Crippen molar-refractivity contribution in [2.75, 3.05) is 0 Å². The van der Waals surface area contributed by atoms with Gasteiger partial charge in [0.05, 0.1) is 6.61 Å². The molecule has 0 bridgehead atoms. The number of halogens is 1. The predicted octanol–water partition coefficient (Wildman–Crippen LogP) is 3.13. The molecule has 0 unspecified atom stereocenters. The van der Waals surface area contributed by atoms with Gasteiger partial charge >= 0.3 is 0 Å². The number of hydrogen-bond donors (Lipinski definition) is 1. The Morgan fingerprint density at radius 1 is 1.47 bits per heavy atom. The average Bonchev–Trinajstić information content (AvgIpc) is 2.92. The minimum atomic E-state index is -0.307. The van der Waals surface area contributed by atoms with Gasteiger partial charge in [-0.15, -0.1) is 11.3 Å². The van der Waals surface area contributed by atoms with Gasteiger partial charge in [-0.1, -0.05) is 0 Å². The Morgan fingerprint density at radius 3 is 3.05 bits per heavy atom. The predicted molar refractivity (Wildman–Crippen MR) is 70.2 cm³/mol. The van der Waals surface area contributed by atoms with Crippen LogP contribution in [0.25, 0.3) is 4.96 Å². The summed E-state index contributed by atoms with van der Waals surface area (Å²) >= 11 is 1.46. The zero-order valence-electron chi connectivity index (χ0n) is 10.1. The largest absolute Gasteiger partial charge is 0.437 e. The van der Waals surface area contributed by atoms with E-state index in [0.717, 1.165) is 4.96 Å². The Kier molecular flexibility index (Phi) is 2.96. The van der Waals surface area contributed by atoms with Crippen molar-refractivity contribution < 1.29 is 14.2 Å². The van der Waals surface area contributed by atoms with Crippen molar-refractivity contribution in [1.29, 1.82) is 0 Å². The number of fused-ring (bicyclic) bond motifs is 1. The number of aryl methyl sites for hydroxylation is 1. The van der Waals surface area contributed by atoms with Crippen molar-refractivity contribution in [1.82, 2.24) is 9.38 Å². The van der Waals surface area contributed by atoms with E-state index in [0.29, 0.717) is 22.9 Å². The molecule has 0 aliphatic carbocycles. The second-order valence-electron chi connectivity index (χ2n) is 4.09. The van der Waals surface area contributed by atoms with Crippen molar-refractivity contribution in [3.63, 3.8) is 0 Å². The molecular weight excluding hydrogens is 267 g/mol. The normalized spacial score (nSPS) is 11.1. The number of nitrogens with zero attached hydrogens (tertiary/aromatic N) is 2. The summed E-state index contributed by atoms with van der Waals surface area (Å²) in [6, 6.07) is 4.28. The fraction of sp³-hybridized carbons (Fsp3) is 0.154. The van der Waals surface area contributed by atoms with Gasteiger partial charge in [-0.05, 0) is 30.7 Å². The van der Waals surface area contributed by atoms with Crippen LogP contribution in [0.4, 0.5) is 4.39 Å². The molecule has 0 amide bonds. The van der Waals surface area contributed by atoms with E-state index in [2.05, 4.69) is 4.98 Å². The SMILES string of the molecule is Cc1cc(F)ccc1Oc1nc2sccn2c1CO. The van der Waals surface area contributed by atoms with Crippen molar-refractivity contribution in [3.05, 3.63) is 46.9 Å². The van der Waals surface area contributed by atoms with Gasteiger partial charge in [-0.2, -0.15) is 4.98 Å². The molecule has 0 fully saturated rings. The van der Waals surface area contributed by atoms with Gasteiger partial charge in [-0.3, -0.25) is 4.40 Å². The number of aromatic nitrogens is 2. The van der Waals surface area contributed by atoms with Gasteiger partial charge in [0, 0.05) is 11.6 Å². The highest BCUT2D eigenvalue weighted by molar-refractivity contribution is 7.15. The first kappa shape index (κ1) is 12.1. The Balaban J connectivity index is 2.02. The maximum atomic E-state index is 13.0. The van der Waals surface area contributed by atoms with Crippen LogP contribution < -0.4 is 4.74 Å². The number of thiazole rings is 1. The number of ether oxygens (including phenoxy) is 1. The molecule has 6 heteroatoms.